The molecule has 27 heavy (non-hydrogen) atoms. The average Bonchev–Trinajstić information content (AvgIpc) is 2.66. The molecule has 1 aromatic rings. The number of hydrogen-bond donors (Lipinski definition) is 1. The Morgan fingerprint density at radius 2 is 1.78 bits per heavy atom. The lowest BCUT2D eigenvalue weighted by Crippen LogP contribution is -2.47. The summed E-state index contributed by atoms with van der Waals surface area (Å²) < 4.78 is 5.13. The van der Waals surface area contributed by atoms with E-state index in [-0.39, 0.29) is 25.3 Å². The predicted molar refractivity (Wildman–Crippen MR) is 99.4 cm³/mol. The molecule has 2 rings (SSSR count). The second-order valence-corrected chi connectivity index (χ2v) is 6.76. The molecule has 0 unspecified atom stereocenters. The molecule has 8 nitrogen and oxygen atoms in total. The molecule has 1 fully saturated rings. The zero-order valence-corrected chi connectivity index (χ0v) is 15.8. The maximum absolute atomic E-state index is 12.2. The molecule has 8 heteroatoms. The van der Waals surface area contributed by atoms with Crippen LogP contribution in [0.1, 0.15) is 12.0 Å². The summed E-state index contributed by atoms with van der Waals surface area (Å²) in [6, 6.07) is 8.99. The van der Waals surface area contributed by atoms with Crippen molar-refractivity contribution in [2.24, 2.45) is 0 Å². The van der Waals surface area contributed by atoms with Gasteiger partial charge in [-0.25, -0.2) is 9.59 Å². The first kappa shape index (κ1) is 20.7. The molecule has 1 saturated heterocycles. The molecule has 2 amide bonds. The lowest BCUT2D eigenvalue weighted by atomic mass is 10.1. The van der Waals surface area contributed by atoms with E-state index in [0.29, 0.717) is 13.1 Å². The van der Waals surface area contributed by atoms with Gasteiger partial charge in [0.25, 0.3) is 0 Å². The van der Waals surface area contributed by atoms with Crippen LogP contribution >= 0.6 is 0 Å². The highest BCUT2D eigenvalue weighted by atomic mass is 16.6. The summed E-state index contributed by atoms with van der Waals surface area (Å²) in [5.74, 6) is -1.21. The zero-order valence-electron chi connectivity index (χ0n) is 15.8. The minimum absolute atomic E-state index is 0.0122. The molecule has 0 radical (unpaired) electrons. The van der Waals surface area contributed by atoms with Crippen molar-refractivity contribution in [1.82, 2.24) is 14.7 Å². The van der Waals surface area contributed by atoms with Crippen molar-refractivity contribution in [2.75, 3.05) is 46.8 Å². The Labute approximate surface area is 159 Å². The first-order valence-electron chi connectivity index (χ1n) is 9.01. The summed E-state index contributed by atoms with van der Waals surface area (Å²) in [5.41, 5.74) is 0.769. The van der Waals surface area contributed by atoms with Crippen molar-refractivity contribution < 1.29 is 24.2 Å². The van der Waals surface area contributed by atoms with Crippen LogP contribution in [0.5, 0.6) is 0 Å². The number of amides is 2. The third-order valence-electron chi connectivity index (χ3n) is 4.61. The van der Waals surface area contributed by atoms with Crippen molar-refractivity contribution >= 4 is 18.0 Å². The Kier molecular flexibility index (Phi) is 7.60. The first-order chi connectivity index (χ1) is 12.9. The van der Waals surface area contributed by atoms with Crippen LogP contribution in [0, 0.1) is 0 Å². The monoisotopic (exact) mass is 377 g/mol. The van der Waals surface area contributed by atoms with Gasteiger partial charge in [0.1, 0.15) is 0 Å². The maximum Gasteiger partial charge on any atom is 0.410 e. The highest BCUT2D eigenvalue weighted by Gasteiger charge is 2.25. The molecule has 0 aliphatic carbocycles. The number of carbonyl (C=O) groups excluding carboxylic acids is 2. The predicted octanol–water partition coefficient (Wildman–Crippen LogP) is 0.915. The van der Waals surface area contributed by atoms with E-state index in [0.717, 1.165) is 18.7 Å². The molecule has 1 atom stereocenters. The zero-order chi connectivity index (χ0) is 19.8. The summed E-state index contributed by atoms with van der Waals surface area (Å²) in [5, 5.41) is 9.31. The van der Waals surface area contributed by atoms with Gasteiger partial charge in [0.2, 0.25) is 12.0 Å². The van der Waals surface area contributed by atoms with Gasteiger partial charge in [-0.1, -0.05) is 30.3 Å². The van der Waals surface area contributed by atoms with E-state index in [4.69, 9.17) is 4.74 Å². The van der Waals surface area contributed by atoms with Crippen molar-refractivity contribution in [3.63, 3.8) is 0 Å². The second kappa shape index (κ2) is 9.91. The number of carboxylic acid groups (broad SMARTS) is 1. The van der Waals surface area contributed by atoms with E-state index in [9.17, 15) is 19.5 Å². The summed E-state index contributed by atoms with van der Waals surface area (Å²) >= 11 is 0. The van der Waals surface area contributed by atoms with E-state index < -0.39 is 18.2 Å². The van der Waals surface area contributed by atoms with Crippen LogP contribution in [0.3, 0.4) is 0 Å². The van der Waals surface area contributed by atoms with Crippen LogP contribution in [0.15, 0.2) is 30.3 Å². The van der Waals surface area contributed by atoms with E-state index in [2.05, 4.69) is 4.90 Å². The van der Waals surface area contributed by atoms with Gasteiger partial charge >= 0.3 is 12.1 Å². The summed E-state index contributed by atoms with van der Waals surface area (Å²) in [6.45, 7) is 3.22. The molecule has 1 aliphatic rings. The number of piperazine rings is 1. The van der Waals surface area contributed by atoms with Crippen molar-refractivity contribution in [3.8, 4) is 0 Å². The number of carboxylic acids is 1. The molecule has 148 valence electrons. The molecule has 1 aromatic carbocycles. The van der Waals surface area contributed by atoms with E-state index in [1.165, 1.54) is 11.9 Å². The van der Waals surface area contributed by atoms with Gasteiger partial charge in [-0.15, -0.1) is 0 Å². The molecule has 0 aromatic heterocycles. The topological polar surface area (TPSA) is 90.4 Å². The highest BCUT2D eigenvalue weighted by molar-refractivity contribution is 5.79. The van der Waals surface area contributed by atoms with Gasteiger partial charge in [-0.05, 0) is 12.6 Å². The SMILES string of the molecule is CN1CCN(C(=O)CCN(C)C(=O)O[C@@H](Cc2ccccc2)C(=O)O)CC1. The van der Waals surface area contributed by atoms with Crippen LogP contribution in [-0.4, -0.2) is 90.7 Å². The number of nitrogens with zero attached hydrogens (tertiary/aromatic N) is 3. The Balaban J connectivity index is 1.80. The minimum Gasteiger partial charge on any atom is -0.478 e. The standard InChI is InChI=1S/C19H27N3O5/c1-20-10-12-22(13-11-20)17(23)8-9-21(2)19(26)27-16(18(24)25)14-15-6-4-3-5-7-15/h3-7,16H,8-14H2,1-2H3,(H,24,25)/t16-/m0/s1. The van der Waals surface area contributed by atoms with E-state index in [1.807, 2.05) is 13.1 Å². The maximum atomic E-state index is 12.2. The average molecular weight is 377 g/mol. The summed E-state index contributed by atoms with van der Waals surface area (Å²) in [6.07, 6.45) is -1.73. The van der Waals surface area contributed by atoms with Gasteiger partial charge in [0, 0.05) is 52.6 Å². The number of aliphatic carboxylic acids is 1. The molecular weight excluding hydrogens is 350 g/mol. The van der Waals surface area contributed by atoms with E-state index in [1.54, 1.807) is 29.2 Å². The third-order valence-corrected chi connectivity index (χ3v) is 4.61. The largest absolute Gasteiger partial charge is 0.478 e. The van der Waals surface area contributed by atoms with Gasteiger partial charge in [-0.2, -0.15) is 0 Å². The van der Waals surface area contributed by atoms with Gasteiger partial charge < -0.3 is 24.5 Å². The molecule has 1 N–H and O–H groups in total. The fourth-order valence-corrected chi connectivity index (χ4v) is 2.79. The van der Waals surface area contributed by atoms with Crippen molar-refractivity contribution in [3.05, 3.63) is 35.9 Å². The molecule has 0 spiro atoms. The van der Waals surface area contributed by atoms with Gasteiger partial charge in [0.15, 0.2) is 0 Å². The lowest BCUT2D eigenvalue weighted by Gasteiger charge is -2.32. The van der Waals surface area contributed by atoms with Gasteiger partial charge in [-0.3, -0.25) is 4.79 Å². The molecule has 0 saturated carbocycles. The summed E-state index contributed by atoms with van der Waals surface area (Å²) in [7, 11) is 3.51. The van der Waals surface area contributed by atoms with E-state index >= 15 is 0 Å². The number of benzene rings is 1. The Morgan fingerprint density at radius 3 is 2.37 bits per heavy atom. The lowest BCUT2D eigenvalue weighted by molar-refractivity contribution is -0.147. The third kappa shape index (κ3) is 6.56. The van der Waals surface area contributed by atoms with Crippen LogP contribution in [-0.2, 0) is 20.7 Å². The Morgan fingerprint density at radius 1 is 1.15 bits per heavy atom. The molecular formula is C19H27N3O5. The smallest absolute Gasteiger partial charge is 0.410 e. The quantitative estimate of drug-likeness (QED) is 0.760. The number of hydrogen-bond acceptors (Lipinski definition) is 5. The normalized spacial score (nSPS) is 15.9. The van der Waals surface area contributed by atoms with Crippen molar-refractivity contribution in [2.45, 2.75) is 18.9 Å². The molecule has 0 bridgehead atoms. The second-order valence-electron chi connectivity index (χ2n) is 6.76. The number of carbonyl (C=O) groups is 3. The molecule has 1 heterocycles. The first-order valence-corrected chi connectivity index (χ1v) is 9.01. The Hall–Kier alpha value is -2.61. The number of likely N-dealkylation sites (N-methyl/N-ethyl adjacent to an activating group) is 1. The number of rotatable bonds is 7. The van der Waals surface area contributed by atoms with Crippen LogP contribution in [0.2, 0.25) is 0 Å². The van der Waals surface area contributed by atoms with Crippen LogP contribution in [0.25, 0.3) is 0 Å². The number of ether oxygens (including phenoxy) is 1. The fourth-order valence-electron chi connectivity index (χ4n) is 2.79. The van der Waals surface area contributed by atoms with Crippen molar-refractivity contribution in [1.29, 1.82) is 0 Å². The van der Waals surface area contributed by atoms with Crippen LogP contribution < -0.4 is 0 Å². The van der Waals surface area contributed by atoms with Gasteiger partial charge in [0.05, 0.1) is 0 Å². The Bertz CT molecular complexity index is 644. The molecule has 1 aliphatic heterocycles. The summed E-state index contributed by atoms with van der Waals surface area (Å²) in [4.78, 5) is 41.0. The highest BCUT2D eigenvalue weighted by Crippen LogP contribution is 2.09. The minimum atomic E-state index is -1.27. The van der Waals surface area contributed by atoms with Crippen LogP contribution in [0.4, 0.5) is 4.79 Å². The fraction of sp³-hybridized carbons (Fsp3) is 0.526.